The quantitative estimate of drug-likeness (QED) is 0.850. The standard InChI is InChI=1S/C15H16ClN3O3/c1-3-11-13(16)12(15(20)21)14(19-18-11)17-8-9-4-6-10(22-2)7-5-9/h4-7H,3,8H2,1-2H3,(H,17,19)(H,20,21). The highest BCUT2D eigenvalue weighted by Crippen LogP contribution is 2.25. The Morgan fingerprint density at radius 3 is 2.55 bits per heavy atom. The van der Waals surface area contributed by atoms with E-state index in [-0.39, 0.29) is 16.4 Å². The zero-order valence-corrected chi connectivity index (χ0v) is 13.0. The van der Waals surface area contributed by atoms with E-state index in [2.05, 4.69) is 15.5 Å². The van der Waals surface area contributed by atoms with Crippen LogP contribution in [0.25, 0.3) is 0 Å². The number of hydrogen-bond donors (Lipinski definition) is 2. The van der Waals surface area contributed by atoms with Gasteiger partial charge in [-0.3, -0.25) is 0 Å². The topological polar surface area (TPSA) is 84.3 Å². The Kier molecular flexibility index (Phi) is 5.16. The lowest BCUT2D eigenvalue weighted by Crippen LogP contribution is -2.12. The molecule has 0 aliphatic heterocycles. The number of aryl methyl sites for hydroxylation is 1. The van der Waals surface area contributed by atoms with Crippen molar-refractivity contribution in [2.75, 3.05) is 12.4 Å². The molecule has 1 aromatic heterocycles. The Hall–Kier alpha value is -2.34. The van der Waals surface area contributed by atoms with Gasteiger partial charge >= 0.3 is 5.97 Å². The normalized spacial score (nSPS) is 10.3. The van der Waals surface area contributed by atoms with Gasteiger partial charge in [-0.05, 0) is 24.1 Å². The molecule has 6 nitrogen and oxygen atoms in total. The molecule has 0 fully saturated rings. The summed E-state index contributed by atoms with van der Waals surface area (Å²) in [4.78, 5) is 11.4. The number of aromatic nitrogens is 2. The van der Waals surface area contributed by atoms with Gasteiger partial charge in [0, 0.05) is 6.54 Å². The Morgan fingerprint density at radius 2 is 2.00 bits per heavy atom. The summed E-state index contributed by atoms with van der Waals surface area (Å²) in [6.45, 7) is 2.24. The Morgan fingerprint density at radius 1 is 1.32 bits per heavy atom. The summed E-state index contributed by atoms with van der Waals surface area (Å²) in [5, 5.41) is 20.3. The molecule has 2 N–H and O–H groups in total. The van der Waals surface area contributed by atoms with Crippen LogP contribution in [0.1, 0.15) is 28.5 Å². The highest BCUT2D eigenvalue weighted by Gasteiger charge is 2.20. The average Bonchev–Trinajstić information content (AvgIpc) is 2.53. The molecule has 0 radical (unpaired) electrons. The van der Waals surface area contributed by atoms with Crippen molar-refractivity contribution >= 4 is 23.4 Å². The fraction of sp³-hybridized carbons (Fsp3) is 0.267. The molecule has 0 bridgehead atoms. The summed E-state index contributed by atoms with van der Waals surface area (Å²) < 4.78 is 5.09. The van der Waals surface area contributed by atoms with Crippen molar-refractivity contribution in [2.45, 2.75) is 19.9 Å². The molecule has 0 atom stereocenters. The van der Waals surface area contributed by atoms with Crippen molar-refractivity contribution < 1.29 is 14.6 Å². The first-order chi connectivity index (χ1) is 10.6. The number of carboxylic acid groups (broad SMARTS) is 1. The van der Waals surface area contributed by atoms with E-state index in [0.717, 1.165) is 11.3 Å². The van der Waals surface area contributed by atoms with Gasteiger partial charge in [0.2, 0.25) is 0 Å². The molecule has 7 heteroatoms. The minimum Gasteiger partial charge on any atom is -0.497 e. The predicted molar refractivity (Wildman–Crippen MR) is 83.7 cm³/mol. The summed E-state index contributed by atoms with van der Waals surface area (Å²) in [6, 6.07) is 7.41. The first-order valence-electron chi connectivity index (χ1n) is 6.72. The molecular formula is C15H16ClN3O3. The number of aromatic carboxylic acids is 1. The number of methoxy groups -OCH3 is 1. The van der Waals surface area contributed by atoms with E-state index >= 15 is 0 Å². The molecule has 116 valence electrons. The van der Waals surface area contributed by atoms with E-state index in [9.17, 15) is 9.90 Å². The van der Waals surface area contributed by atoms with Crippen molar-refractivity contribution in [3.8, 4) is 5.75 Å². The maximum atomic E-state index is 11.4. The van der Waals surface area contributed by atoms with Gasteiger partial charge in [-0.1, -0.05) is 30.7 Å². The molecule has 0 aliphatic carbocycles. The third-order valence-corrected chi connectivity index (χ3v) is 3.56. The molecule has 0 saturated carbocycles. The van der Waals surface area contributed by atoms with Gasteiger partial charge in [0.15, 0.2) is 5.82 Å². The van der Waals surface area contributed by atoms with Gasteiger partial charge in [-0.15, -0.1) is 5.10 Å². The number of anilines is 1. The number of carboxylic acids is 1. The number of hydrogen-bond acceptors (Lipinski definition) is 5. The second-order valence-corrected chi connectivity index (χ2v) is 4.92. The largest absolute Gasteiger partial charge is 0.497 e. The molecule has 1 aromatic carbocycles. The Balaban J connectivity index is 2.21. The van der Waals surface area contributed by atoms with E-state index in [1.807, 2.05) is 31.2 Å². The monoisotopic (exact) mass is 321 g/mol. The maximum Gasteiger partial charge on any atom is 0.341 e. The molecule has 0 aliphatic rings. The fourth-order valence-electron chi connectivity index (χ4n) is 1.93. The summed E-state index contributed by atoms with van der Waals surface area (Å²) >= 11 is 6.09. The van der Waals surface area contributed by atoms with Crippen LogP contribution in [0.3, 0.4) is 0 Å². The number of ether oxygens (including phenoxy) is 1. The summed E-state index contributed by atoms with van der Waals surface area (Å²) in [5.74, 6) is -0.220. The van der Waals surface area contributed by atoms with Gasteiger partial charge in [-0.2, -0.15) is 5.10 Å². The highest BCUT2D eigenvalue weighted by atomic mass is 35.5. The van der Waals surface area contributed by atoms with E-state index in [4.69, 9.17) is 16.3 Å². The Bertz CT molecular complexity index is 674. The molecule has 0 saturated heterocycles. The second-order valence-electron chi connectivity index (χ2n) is 4.54. The zero-order chi connectivity index (χ0) is 16.1. The fourth-order valence-corrected chi connectivity index (χ4v) is 2.27. The van der Waals surface area contributed by atoms with Crippen LogP contribution in [0.5, 0.6) is 5.75 Å². The van der Waals surface area contributed by atoms with Crippen molar-refractivity contribution in [1.82, 2.24) is 10.2 Å². The molecule has 2 rings (SSSR count). The number of nitrogens with one attached hydrogen (secondary N) is 1. The number of rotatable bonds is 6. The van der Waals surface area contributed by atoms with Crippen LogP contribution in [0.2, 0.25) is 5.02 Å². The SMILES string of the molecule is CCc1nnc(NCc2ccc(OC)cc2)c(C(=O)O)c1Cl. The molecule has 1 heterocycles. The molecular weight excluding hydrogens is 306 g/mol. The second kappa shape index (κ2) is 7.09. The van der Waals surface area contributed by atoms with Crippen LogP contribution >= 0.6 is 11.6 Å². The van der Waals surface area contributed by atoms with Gasteiger partial charge < -0.3 is 15.2 Å². The van der Waals surface area contributed by atoms with E-state index in [1.165, 1.54) is 0 Å². The van der Waals surface area contributed by atoms with Crippen LogP contribution < -0.4 is 10.1 Å². The third kappa shape index (κ3) is 3.46. The number of benzene rings is 1. The molecule has 0 unspecified atom stereocenters. The van der Waals surface area contributed by atoms with E-state index < -0.39 is 5.97 Å². The summed E-state index contributed by atoms with van der Waals surface area (Å²) in [6.07, 6.45) is 0.519. The predicted octanol–water partition coefficient (Wildman–Crippen LogP) is 3.01. The number of halogens is 1. The summed E-state index contributed by atoms with van der Waals surface area (Å²) in [5.41, 5.74) is 1.37. The number of nitrogens with zero attached hydrogens (tertiary/aromatic N) is 2. The zero-order valence-electron chi connectivity index (χ0n) is 12.3. The van der Waals surface area contributed by atoms with Crippen LogP contribution in [-0.4, -0.2) is 28.4 Å². The van der Waals surface area contributed by atoms with Crippen molar-refractivity contribution in [1.29, 1.82) is 0 Å². The lowest BCUT2D eigenvalue weighted by atomic mass is 10.2. The first-order valence-corrected chi connectivity index (χ1v) is 7.09. The van der Waals surface area contributed by atoms with Gasteiger partial charge in [0.25, 0.3) is 0 Å². The maximum absolute atomic E-state index is 11.4. The highest BCUT2D eigenvalue weighted by molar-refractivity contribution is 6.34. The minimum atomic E-state index is -1.13. The van der Waals surface area contributed by atoms with Crippen molar-refractivity contribution in [3.63, 3.8) is 0 Å². The van der Waals surface area contributed by atoms with E-state index in [1.54, 1.807) is 7.11 Å². The van der Waals surface area contributed by atoms with Crippen molar-refractivity contribution in [2.24, 2.45) is 0 Å². The van der Waals surface area contributed by atoms with Crippen molar-refractivity contribution in [3.05, 3.63) is 46.1 Å². The molecule has 22 heavy (non-hydrogen) atoms. The molecule has 0 spiro atoms. The van der Waals surface area contributed by atoms with E-state index in [0.29, 0.717) is 18.7 Å². The minimum absolute atomic E-state index is 0.0537. The van der Waals surface area contributed by atoms with Crippen LogP contribution in [-0.2, 0) is 13.0 Å². The smallest absolute Gasteiger partial charge is 0.341 e. The molecule has 2 aromatic rings. The van der Waals surface area contributed by atoms with Gasteiger partial charge in [-0.25, -0.2) is 4.79 Å². The summed E-state index contributed by atoms with van der Waals surface area (Å²) in [7, 11) is 1.60. The van der Waals surface area contributed by atoms with Crippen LogP contribution in [0.4, 0.5) is 5.82 Å². The average molecular weight is 322 g/mol. The van der Waals surface area contributed by atoms with Crippen LogP contribution in [0, 0.1) is 0 Å². The third-order valence-electron chi connectivity index (χ3n) is 3.15. The molecule has 0 amide bonds. The van der Waals surface area contributed by atoms with Gasteiger partial charge in [0.1, 0.15) is 11.3 Å². The first kappa shape index (κ1) is 16.0. The van der Waals surface area contributed by atoms with Gasteiger partial charge in [0.05, 0.1) is 17.8 Å². The Labute approximate surface area is 133 Å². The lowest BCUT2D eigenvalue weighted by Gasteiger charge is -2.11. The number of carbonyl (C=O) groups is 1. The lowest BCUT2D eigenvalue weighted by molar-refractivity contribution is 0.0697. The van der Waals surface area contributed by atoms with Crippen LogP contribution in [0.15, 0.2) is 24.3 Å².